The van der Waals surface area contributed by atoms with Gasteiger partial charge in [0.25, 0.3) is 23.6 Å². The van der Waals surface area contributed by atoms with Crippen molar-refractivity contribution >= 4 is 87.6 Å². The van der Waals surface area contributed by atoms with Gasteiger partial charge >= 0.3 is 5.97 Å². The summed E-state index contributed by atoms with van der Waals surface area (Å²) in [6, 6.07) is 4.40. The number of benzene rings is 2. The van der Waals surface area contributed by atoms with Gasteiger partial charge in [-0.3, -0.25) is 34.9 Å². The Morgan fingerprint density at radius 1 is 0.853 bits per heavy atom. The maximum Gasteiger partial charge on any atom is 0.329 e. The van der Waals surface area contributed by atoms with Crippen molar-refractivity contribution in [3.8, 4) is 0 Å². The van der Waals surface area contributed by atoms with Gasteiger partial charge in [-0.25, -0.2) is 4.79 Å². The zero-order valence-corrected chi connectivity index (χ0v) is 20.7. The zero-order valence-electron chi connectivity index (χ0n) is 16.9. The summed E-state index contributed by atoms with van der Waals surface area (Å²) in [7, 11) is 0. The van der Waals surface area contributed by atoms with Crippen molar-refractivity contribution in [2.75, 3.05) is 6.61 Å². The van der Waals surface area contributed by atoms with Crippen molar-refractivity contribution in [2.24, 2.45) is 0 Å². The number of imide groups is 1. The Balaban J connectivity index is 1.61. The van der Waals surface area contributed by atoms with Crippen molar-refractivity contribution in [3.05, 3.63) is 66.1 Å². The molecule has 34 heavy (non-hydrogen) atoms. The molecule has 3 rings (SSSR count). The molecule has 1 aliphatic rings. The SMILES string of the molecule is C[C@H](C(=O)OCC(=O)NNC(=O)c1ccc(Cl)cc1)N1C(=O)c2c(Cl)c(Cl)c(Cl)c(Cl)c2C1=O. The third kappa shape index (κ3) is 4.94. The number of hydrogen-bond acceptors (Lipinski definition) is 6. The predicted octanol–water partition coefficient (Wildman–Crippen LogP) is 3.94. The minimum atomic E-state index is -1.45. The lowest BCUT2D eigenvalue weighted by atomic mass is 10.1. The van der Waals surface area contributed by atoms with Crippen LogP contribution in [-0.4, -0.2) is 47.1 Å². The first-order valence-corrected chi connectivity index (χ1v) is 11.1. The minimum Gasteiger partial charge on any atom is -0.454 e. The monoisotopic (exact) mass is 565 g/mol. The molecular weight excluding hydrogens is 556 g/mol. The molecule has 0 saturated carbocycles. The highest BCUT2D eigenvalue weighted by Crippen LogP contribution is 2.45. The number of hydrazine groups is 1. The van der Waals surface area contributed by atoms with Gasteiger partial charge in [-0.15, -0.1) is 0 Å². The van der Waals surface area contributed by atoms with Crippen LogP contribution in [0.2, 0.25) is 25.1 Å². The second-order valence-electron chi connectivity index (χ2n) is 6.78. The van der Waals surface area contributed by atoms with Crippen LogP contribution >= 0.6 is 58.0 Å². The number of halogens is 5. The van der Waals surface area contributed by atoms with Gasteiger partial charge < -0.3 is 4.74 Å². The molecule has 2 aromatic rings. The molecule has 1 atom stereocenters. The van der Waals surface area contributed by atoms with Crippen molar-refractivity contribution in [1.82, 2.24) is 15.8 Å². The highest BCUT2D eigenvalue weighted by Gasteiger charge is 2.45. The number of carbonyl (C=O) groups is 5. The molecule has 0 radical (unpaired) electrons. The Morgan fingerprint density at radius 3 is 1.85 bits per heavy atom. The van der Waals surface area contributed by atoms with Gasteiger partial charge in [0.05, 0.1) is 31.2 Å². The number of esters is 1. The van der Waals surface area contributed by atoms with E-state index >= 15 is 0 Å². The van der Waals surface area contributed by atoms with Crippen molar-refractivity contribution in [3.63, 3.8) is 0 Å². The lowest BCUT2D eigenvalue weighted by molar-refractivity contribution is -0.152. The fourth-order valence-corrected chi connectivity index (χ4v) is 4.06. The molecule has 4 amide bonds. The van der Waals surface area contributed by atoms with E-state index in [9.17, 15) is 24.0 Å². The quantitative estimate of drug-likeness (QED) is 0.186. The molecule has 2 N–H and O–H groups in total. The molecule has 0 spiro atoms. The lowest BCUT2D eigenvalue weighted by Gasteiger charge is -2.20. The smallest absolute Gasteiger partial charge is 0.329 e. The average molecular weight is 568 g/mol. The second-order valence-corrected chi connectivity index (χ2v) is 8.73. The Labute approximate surface area is 217 Å². The predicted molar refractivity (Wildman–Crippen MR) is 124 cm³/mol. The van der Waals surface area contributed by atoms with E-state index in [4.69, 9.17) is 62.7 Å². The van der Waals surface area contributed by atoms with E-state index in [1.165, 1.54) is 31.2 Å². The maximum atomic E-state index is 12.8. The van der Waals surface area contributed by atoms with Crippen LogP contribution in [-0.2, 0) is 14.3 Å². The molecule has 2 aromatic carbocycles. The molecule has 0 bridgehead atoms. The van der Waals surface area contributed by atoms with Gasteiger partial charge in [-0.2, -0.15) is 0 Å². The zero-order chi connectivity index (χ0) is 25.3. The van der Waals surface area contributed by atoms with Crippen LogP contribution in [0.25, 0.3) is 0 Å². The topological polar surface area (TPSA) is 122 Å². The maximum absolute atomic E-state index is 12.8. The van der Waals surface area contributed by atoms with Crippen LogP contribution in [0.1, 0.15) is 38.0 Å². The molecule has 0 saturated heterocycles. The summed E-state index contributed by atoms with van der Waals surface area (Å²) in [6.07, 6.45) is 0. The van der Waals surface area contributed by atoms with Gasteiger partial charge in [-0.1, -0.05) is 58.0 Å². The highest BCUT2D eigenvalue weighted by molar-refractivity contribution is 6.55. The molecule has 0 aliphatic carbocycles. The number of ether oxygens (including phenoxy) is 1. The van der Waals surface area contributed by atoms with Crippen LogP contribution < -0.4 is 10.9 Å². The summed E-state index contributed by atoms with van der Waals surface area (Å²) in [4.78, 5) is 62.4. The summed E-state index contributed by atoms with van der Waals surface area (Å²) in [5.41, 5.74) is 3.81. The Kier molecular flexibility index (Phi) is 7.95. The number of rotatable bonds is 5. The molecular formula is C20H12Cl5N3O6. The second kappa shape index (κ2) is 10.4. The van der Waals surface area contributed by atoms with Crippen molar-refractivity contribution < 1.29 is 28.7 Å². The first kappa shape index (κ1) is 26.1. The highest BCUT2D eigenvalue weighted by atomic mass is 35.5. The number of carbonyl (C=O) groups excluding carboxylic acids is 5. The average Bonchev–Trinajstić information content (AvgIpc) is 3.08. The number of fused-ring (bicyclic) bond motifs is 1. The summed E-state index contributed by atoms with van der Waals surface area (Å²) >= 11 is 29.8. The number of nitrogens with zero attached hydrogens (tertiary/aromatic N) is 1. The van der Waals surface area contributed by atoms with Crippen LogP contribution in [0.4, 0.5) is 0 Å². The van der Waals surface area contributed by atoms with Crippen LogP contribution in [0.15, 0.2) is 24.3 Å². The van der Waals surface area contributed by atoms with Gasteiger partial charge in [0, 0.05) is 10.6 Å². The van der Waals surface area contributed by atoms with Crippen molar-refractivity contribution in [2.45, 2.75) is 13.0 Å². The fourth-order valence-electron chi connectivity index (χ4n) is 2.92. The van der Waals surface area contributed by atoms with E-state index in [-0.39, 0.29) is 36.8 Å². The molecule has 14 heteroatoms. The Bertz CT molecular complexity index is 1190. The van der Waals surface area contributed by atoms with Gasteiger partial charge in [0.2, 0.25) is 0 Å². The van der Waals surface area contributed by atoms with Gasteiger partial charge in [-0.05, 0) is 31.2 Å². The largest absolute Gasteiger partial charge is 0.454 e. The summed E-state index contributed by atoms with van der Waals surface area (Å²) in [5.74, 6) is -4.47. The van der Waals surface area contributed by atoms with Crippen LogP contribution in [0.3, 0.4) is 0 Å². The number of hydrogen-bond donors (Lipinski definition) is 2. The Morgan fingerprint density at radius 2 is 1.35 bits per heavy atom. The molecule has 0 unspecified atom stereocenters. The third-order valence-electron chi connectivity index (χ3n) is 4.63. The molecule has 1 heterocycles. The first-order valence-electron chi connectivity index (χ1n) is 9.20. The normalized spacial score (nSPS) is 13.4. The van der Waals surface area contributed by atoms with Gasteiger partial charge in [0.1, 0.15) is 6.04 Å². The first-order chi connectivity index (χ1) is 16.0. The van der Waals surface area contributed by atoms with E-state index < -0.39 is 42.2 Å². The van der Waals surface area contributed by atoms with E-state index in [1.54, 1.807) is 0 Å². The minimum absolute atomic E-state index is 0.220. The molecule has 178 valence electrons. The molecule has 0 aromatic heterocycles. The van der Waals surface area contributed by atoms with E-state index in [0.29, 0.717) is 9.92 Å². The van der Waals surface area contributed by atoms with E-state index in [2.05, 4.69) is 10.9 Å². The number of amides is 4. The summed E-state index contributed by atoms with van der Waals surface area (Å²) in [5, 5.41) is -0.590. The lowest BCUT2D eigenvalue weighted by Crippen LogP contribution is -2.46. The standard InChI is InChI=1S/C20H12Cl5N3O6/c1-7(28-18(31)11-12(19(28)32)14(23)16(25)15(24)13(11)22)20(33)34-6-10(29)26-27-17(30)8-2-4-9(21)5-3-8/h2-5,7H,6H2,1H3,(H,26,29)(H,27,30)/t7-/m1/s1. The Hall–Kier alpha value is -2.56. The summed E-state index contributed by atoms with van der Waals surface area (Å²) in [6.45, 7) is 0.391. The van der Waals surface area contributed by atoms with Gasteiger partial charge in [0.15, 0.2) is 6.61 Å². The molecule has 0 fully saturated rings. The van der Waals surface area contributed by atoms with Crippen LogP contribution in [0.5, 0.6) is 0 Å². The molecule has 9 nitrogen and oxygen atoms in total. The van der Waals surface area contributed by atoms with E-state index in [0.717, 1.165) is 0 Å². The van der Waals surface area contributed by atoms with Crippen molar-refractivity contribution in [1.29, 1.82) is 0 Å². The third-order valence-corrected chi connectivity index (χ3v) is 6.68. The van der Waals surface area contributed by atoms with Crippen LogP contribution in [0, 0.1) is 0 Å². The number of nitrogens with one attached hydrogen (secondary N) is 2. The van der Waals surface area contributed by atoms with E-state index in [1.807, 2.05) is 0 Å². The fraction of sp³-hybridized carbons (Fsp3) is 0.150. The molecule has 1 aliphatic heterocycles. The summed E-state index contributed by atoms with van der Waals surface area (Å²) < 4.78 is 4.85.